The van der Waals surface area contributed by atoms with Crippen molar-refractivity contribution in [1.82, 2.24) is 4.98 Å². The van der Waals surface area contributed by atoms with Gasteiger partial charge in [0.1, 0.15) is 5.01 Å². The Balaban J connectivity index is 1.80. The van der Waals surface area contributed by atoms with Crippen molar-refractivity contribution in [2.24, 2.45) is 0 Å². The molecule has 0 aliphatic heterocycles. The first-order valence-corrected chi connectivity index (χ1v) is 7.93. The third-order valence-electron chi connectivity index (χ3n) is 2.75. The van der Waals surface area contributed by atoms with Crippen molar-refractivity contribution in [3.63, 3.8) is 0 Å². The standard InChI is InChI=1S/C15H11NO3S2/c1-18-12-4-2-3-5-13(12)19-15(17)11-9-21-14(16-11)10-6-7-20-8-10/h2-9H,1H3. The van der Waals surface area contributed by atoms with Crippen LogP contribution in [0.5, 0.6) is 11.5 Å². The van der Waals surface area contributed by atoms with Gasteiger partial charge in [-0.25, -0.2) is 9.78 Å². The van der Waals surface area contributed by atoms with Gasteiger partial charge in [0.15, 0.2) is 17.2 Å². The average Bonchev–Trinajstić information content (AvgIpc) is 3.18. The summed E-state index contributed by atoms with van der Waals surface area (Å²) in [5.74, 6) is 0.409. The minimum atomic E-state index is -0.489. The molecular weight excluding hydrogens is 306 g/mol. The Morgan fingerprint density at radius 3 is 2.67 bits per heavy atom. The third-order valence-corrected chi connectivity index (χ3v) is 4.33. The Morgan fingerprint density at radius 2 is 1.95 bits per heavy atom. The van der Waals surface area contributed by atoms with Crippen molar-refractivity contribution in [1.29, 1.82) is 0 Å². The van der Waals surface area contributed by atoms with Gasteiger partial charge in [-0.05, 0) is 23.6 Å². The fourth-order valence-corrected chi connectivity index (χ4v) is 3.24. The Kier molecular flexibility index (Phi) is 3.98. The highest BCUT2D eigenvalue weighted by atomic mass is 32.1. The number of para-hydroxylation sites is 2. The number of esters is 1. The van der Waals surface area contributed by atoms with E-state index in [2.05, 4.69) is 4.98 Å². The molecule has 4 nitrogen and oxygen atoms in total. The van der Waals surface area contributed by atoms with Crippen LogP contribution in [0.25, 0.3) is 10.6 Å². The van der Waals surface area contributed by atoms with E-state index in [9.17, 15) is 4.79 Å². The summed E-state index contributed by atoms with van der Waals surface area (Å²) in [6.45, 7) is 0. The van der Waals surface area contributed by atoms with E-state index in [-0.39, 0.29) is 0 Å². The zero-order valence-corrected chi connectivity index (χ0v) is 12.7. The molecule has 0 saturated carbocycles. The first kappa shape index (κ1) is 13.8. The lowest BCUT2D eigenvalue weighted by molar-refractivity contribution is 0.0724. The second-order valence-corrected chi connectivity index (χ2v) is 5.73. The molecule has 0 radical (unpaired) electrons. The number of nitrogens with zero attached hydrogens (tertiary/aromatic N) is 1. The third kappa shape index (κ3) is 2.96. The zero-order chi connectivity index (χ0) is 14.7. The summed E-state index contributed by atoms with van der Waals surface area (Å²) in [6.07, 6.45) is 0. The normalized spacial score (nSPS) is 10.3. The number of ether oxygens (including phenoxy) is 2. The second kappa shape index (κ2) is 6.07. The smallest absolute Gasteiger partial charge is 0.363 e. The van der Waals surface area contributed by atoms with Gasteiger partial charge in [-0.2, -0.15) is 11.3 Å². The lowest BCUT2D eigenvalue weighted by Gasteiger charge is -2.07. The molecule has 106 valence electrons. The molecule has 2 aromatic heterocycles. The van der Waals surface area contributed by atoms with Crippen molar-refractivity contribution in [2.45, 2.75) is 0 Å². The minimum absolute atomic E-state index is 0.298. The molecule has 0 aliphatic carbocycles. The van der Waals surface area contributed by atoms with E-state index < -0.39 is 5.97 Å². The molecule has 6 heteroatoms. The summed E-state index contributed by atoms with van der Waals surface area (Å²) in [5, 5.41) is 6.48. The monoisotopic (exact) mass is 317 g/mol. The Bertz CT molecular complexity index is 750. The highest BCUT2D eigenvalue weighted by Crippen LogP contribution is 2.28. The highest BCUT2D eigenvalue weighted by molar-refractivity contribution is 7.14. The molecule has 21 heavy (non-hydrogen) atoms. The molecule has 0 N–H and O–H groups in total. The summed E-state index contributed by atoms with van der Waals surface area (Å²) in [7, 11) is 1.53. The van der Waals surface area contributed by atoms with Crippen LogP contribution in [-0.4, -0.2) is 18.1 Å². The zero-order valence-electron chi connectivity index (χ0n) is 11.1. The number of carbonyl (C=O) groups excluding carboxylic acids is 1. The van der Waals surface area contributed by atoms with Crippen LogP contribution in [0.3, 0.4) is 0 Å². The van der Waals surface area contributed by atoms with Gasteiger partial charge >= 0.3 is 5.97 Å². The Labute approximate surface area is 129 Å². The highest BCUT2D eigenvalue weighted by Gasteiger charge is 2.16. The SMILES string of the molecule is COc1ccccc1OC(=O)c1csc(-c2ccsc2)n1. The van der Waals surface area contributed by atoms with E-state index >= 15 is 0 Å². The molecule has 0 amide bonds. The van der Waals surface area contributed by atoms with Crippen LogP contribution in [0, 0.1) is 0 Å². The van der Waals surface area contributed by atoms with E-state index in [1.165, 1.54) is 18.4 Å². The van der Waals surface area contributed by atoms with Gasteiger partial charge in [-0.15, -0.1) is 11.3 Å². The molecule has 3 rings (SSSR count). The number of hydrogen-bond donors (Lipinski definition) is 0. The molecule has 0 bridgehead atoms. The maximum Gasteiger partial charge on any atom is 0.363 e. The van der Waals surface area contributed by atoms with Gasteiger partial charge in [0.25, 0.3) is 0 Å². The number of aromatic nitrogens is 1. The van der Waals surface area contributed by atoms with Gasteiger partial charge in [-0.3, -0.25) is 0 Å². The molecular formula is C15H11NO3S2. The van der Waals surface area contributed by atoms with Crippen LogP contribution < -0.4 is 9.47 Å². The predicted molar refractivity (Wildman–Crippen MR) is 83.4 cm³/mol. The first-order valence-electron chi connectivity index (χ1n) is 6.11. The molecule has 0 saturated heterocycles. The number of methoxy groups -OCH3 is 1. The van der Waals surface area contributed by atoms with Crippen LogP contribution in [0.15, 0.2) is 46.5 Å². The summed E-state index contributed by atoms with van der Waals surface area (Å²) >= 11 is 3.01. The van der Waals surface area contributed by atoms with E-state index in [1.54, 1.807) is 34.9 Å². The maximum absolute atomic E-state index is 12.1. The quantitative estimate of drug-likeness (QED) is 0.537. The van der Waals surface area contributed by atoms with E-state index in [0.29, 0.717) is 17.2 Å². The van der Waals surface area contributed by atoms with Gasteiger partial charge in [-0.1, -0.05) is 12.1 Å². The summed E-state index contributed by atoms with van der Waals surface area (Å²) in [6, 6.07) is 8.98. The number of thiophene rings is 1. The van der Waals surface area contributed by atoms with Crippen LogP contribution in [-0.2, 0) is 0 Å². The molecule has 2 heterocycles. The first-order chi connectivity index (χ1) is 10.3. The number of hydrogen-bond acceptors (Lipinski definition) is 6. The predicted octanol–water partition coefficient (Wildman–Crippen LogP) is 4.10. The van der Waals surface area contributed by atoms with Crippen molar-refractivity contribution in [3.05, 3.63) is 52.2 Å². The van der Waals surface area contributed by atoms with Crippen LogP contribution in [0.1, 0.15) is 10.5 Å². The van der Waals surface area contributed by atoms with Crippen LogP contribution >= 0.6 is 22.7 Å². The molecule has 1 aromatic carbocycles. The Hall–Kier alpha value is -2.18. The van der Waals surface area contributed by atoms with Crippen molar-refractivity contribution >= 4 is 28.6 Å². The number of carbonyl (C=O) groups is 1. The molecule has 0 aliphatic rings. The molecule has 0 unspecified atom stereocenters. The molecule has 0 spiro atoms. The van der Waals surface area contributed by atoms with E-state index in [0.717, 1.165) is 10.6 Å². The fourth-order valence-electron chi connectivity index (χ4n) is 1.74. The average molecular weight is 317 g/mol. The van der Waals surface area contributed by atoms with Crippen LogP contribution in [0.4, 0.5) is 0 Å². The van der Waals surface area contributed by atoms with Gasteiger partial charge in [0.05, 0.1) is 7.11 Å². The topological polar surface area (TPSA) is 48.4 Å². The second-order valence-electron chi connectivity index (χ2n) is 4.09. The van der Waals surface area contributed by atoms with Gasteiger partial charge in [0.2, 0.25) is 0 Å². The van der Waals surface area contributed by atoms with Crippen molar-refractivity contribution < 1.29 is 14.3 Å². The number of benzene rings is 1. The van der Waals surface area contributed by atoms with Crippen molar-refractivity contribution in [3.8, 4) is 22.1 Å². The fraction of sp³-hybridized carbons (Fsp3) is 0.0667. The van der Waals surface area contributed by atoms with E-state index in [1.807, 2.05) is 22.9 Å². The Morgan fingerprint density at radius 1 is 1.14 bits per heavy atom. The number of rotatable bonds is 4. The molecule has 0 atom stereocenters. The maximum atomic E-state index is 12.1. The molecule has 3 aromatic rings. The minimum Gasteiger partial charge on any atom is -0.493 e. The van der Waals surface area contributed by atoms with Crippen LogP contribution in [0.2, 0.25) is 0 Å². The largest absolute Gasteiger partial charge is 0.493 e. The number of thiazole rings is 1. The summed E-state index contributed by atoms with van der Waals surface area (Å²) in [5.41, 5.74) is 1.31. The molecule has 0 fully saturated rings. The van der Waals surface area contributed by atoms with Gasteiger partial charge in [0, 0.05) is 16.3 Å². The lowest BCUT2D eigenvalue weighted by Crippen LogP contribution is -2.09. The van der Waals surface area contributed by atoms with Gasteiger partial charge < -0.3 is 9.47 Å². The lowest BCUT2D eigenvalue weighted by atomic mass is 10.3. The van der Waals surface area contributed by atoms with E-state index in [4.69, 9.17) is 9.47 Å². The summed E-state index contributed by atoms with van der Waals surface area (Å²) in [4.78, 5) is 16.4. The summed E-state index contributed by atoms with van der Waals surface area (Å²) < 4.78 is 10.5. The van der Waals surface area contributed by atoms with Crippen molar-refractivity contribution in [2.75, 3.05) is 7.11 Å².